The summed E-state index contributed by atoms with van der Waals surface area (Å²) in [5.41, 5.74) is 1.09. The smallest absolute Gasteiger partial charge is 0.420 e. The lowest BCUT2D eigenvalue weighted by molar-refractivity contribution is -0.118. The zero-order valence-corrected chi connectivity index (χ0v) is 16.4. The van der Waals surface area contributed by atoms with Gasteiger partial charge in [0.15, 0.2) is 0 Å². The normalized spacial score (nSPS) is 12.4. The van der Waals surface area contributed by atoms with Crippen molar-refractivity contribution >= 4 is 38.6 Å². The minimum absolute atomic E-state index is 0.160. The maximum atomic E-state index is 13.3. The summed E-state index contributed by atoms with van der Waals surface area (Å²) in [7, 11) is -3.02. The molecule has 0 aliphatic carbocycles. The summed E-state index contributed by atoms with van der Waals surface area (Å²) in [6, 6.07) is 10.7. The zero-order chi connectivity index (χ0) is 21.2. The van der Waals surface area contributed by atoms with Crippen LogP contribution in [0.25, 0.3) is 10.9 Å². The molecule has 3 aromatic rings. The van der Waals surface area contributed by atoms with Crippen LogP contribution in [-0.2, 0) is 19.6 Å². The first-order valence-electron chi connectivity index (χ1n) is 8.49. The number of aromatic nitrogens is 1. The molecule has 0 spiro atoms. The number of sulfonamides is 1. The first-order valence-corrected chi connectivity index (χ1v) is 9.97. The highest BCUT2D eigenvalue weighted by molar-refractivity contribution is 7.90. The summed E-state index contributed by atoms with van der Waals surface area (Å²) < 4.78 is 45.1. The minimum atomic E-state index is -4.07. The fraction of sp³-hybridized carbons (Fsp3) is 0.158. The zero-order valence-electron chi connectivity index (χ0n) is 15.5. The molecule has 152 valence electrons. The van der Waals surface area contributed by atoms with Gasteiger partial charge >= 0.3 is 6.09 Å². The maximum absolute atomic E-state index is 13.3. The summed E-state index contributed by atoms with van der Waals surface area (Å²) in [6.45, 7) is 1.69. The van der Waals surface area contributed by atoms with E-state index in [1.807, 2.05) is 0 Å². The fourth-order valence-electron chi connectivity index (χ4n) is 2.77. The number of anilines is 1. The molecular formula is C19H18FN3O5S. The van der Waals surface area contributed by atoms with Crippen LogP contribution in [0.15, 0.2) is 59.6 Å². The Bertz CT molecular complexity index is 1170. The molecule has 0 unspecified atom stereocenters. The molecule has 1 atom stereocenters. The minimum Gasteiger partial charge on any atom is -0.452 e. The molecule has 0 aliphatic rings. The number of amides is 2. The molecule has 3 rings (SSSR count). The Labute approximate surface area is 166 Å². The van der Waals surface area contributed by atoms with E-state index < -0.39 is 22.2 Å². The van der Waals surface area contributed by atoms with Crippen LogP contribution < -0.4 is 10.0 Å². The molecule has 0 radical (unpaired) electrons. The second kappa shape index (κ2) is 7.92. The van der Waals surface area contributed by atoms with Gasteiger partial charge in [0.05, 0.1) is 12.0 Å². The molecule has 8 nitrogen and oxygen atoms in total. The van der Waals surface area contributed by atoms with Gasteiger partial charge < -0.3 is 14.6 Å². The van der Waals surface area contributed by atoms with Gasteiger partial charge in [-0.25, -0.2) is 22.3 Å². The lowest BCUT2D eigenvalue weighted by atomic mass is 10.2. The third-order valence-corrected chi connectivity index (χ3v) is 5.64. The number of fused-ring (bicyclic) bond motifs is 1. The first-order chi connectivity index (χ1) is 13.7. The van der Waals surface area contributed by atoms with Crippen molar-refractivity contribution in [3.05, 3.63) is 60.5 Å². The van der Waals surface area contributed by atoms with Crippen molar-refractivity contribution < 1.29 is 27.1 Å². The Hall–Kier alpha value is -3.40. The first kappa shape index (κ1) is 20.3. The summed E-state index contributed by atoms with van der Waals surface area (Å²) in [5.74, 6) is -0.695. The quantitative estimate of drug-likeness (QED) is 0.661. The molecule has 1 heterocycles. The molecule has 2 N–H and O–H groups in total. The van der Waals surface area contributed by atoms with Gasteiger partial charge in [-0.05, 0) is 55.5 Å². The monoisotopic (exact) mass is 419 g/mol. The van der Waals surface area contributed by atoms with E-state index in [1.165, 1.54) is 36.4 Å². The average molecular weight is 419 g/mol. The number of benzene rings is 2. The third-order valence-electron chi connectivity index (χ3n) is 4.31. The maximum Gasteiger partial charge on any atom is 0.420 e. The van der Waals surface area contributed by atoms with Crippen LogP contribution in [0.3, 0.4) is 0 Å². The number of carbonyl (C=O) groups is 2. The van der Waals surface area contributed by atoms with E-state index in [1.54, 1.807) is 34.5 Å². The molecule has 1 aromatic heterocycles. The van der Waals surface area contributed by atoms with E-state index in [-0.39, 0.29) is 16.6 Å². The summed E-state index contributed by atoms with van der Waals surface area (Å²) in [4.78, 5) is 23.5. The second-order valence-electron chi connectivity index (χ2n) is 6.21. The molecule has 0 bridgehead atoms. The molecule has 2 amide bonds. The lowest BCUT2D eigenvalue weighted by Gasteiger charge is -2.16. The average Bonchev–Trinajstić information content (AvgIpc) is 3.10. The van der Waals surface area contributed by atoms with Crippen molar-refractivity contribution in [3.8, 4) is 0 Å². The Kier molecular flexibility index (Phi) is 5.55. The number of methoxy groups -OCH3 is 1. The van der Waals surface area contributed by atoms with Crippen LogP contribution in [0.2, 0.25) is 0 Å². The molecule has 0 fully saturated rings. The van der Waals surface area contributed by atoms with Crippen molar-refractivity contribution in [1.29, 1.82) is 0 Å². The van der Waals surface area contributed by atoms with Crippen molar-refractivity contribution in [2.45, 2.75) is 17.9 Å². The number of hydrogen-bond donors (Lipinski definition) is 2. The van der Waals surface area contributed by atoms with Gasteiger partial charge in [-0.1, -0.05) is 0 Å². The highest BCUT2D eigenvalue weighted by atomic mass is 32.2. The van der Waals surface area contributed by atoms with E-state index in [2.05, 4.69) is 10.1 Å². The van der Waals surface area contributed by atoms with Crippen LogP contribution in [0.4, 0.5) is 14.9 Å². The highest BCUT2D eigenvalue weighted by Crippen LogP contribution is 2.22. The Morgan fingerprint density at radius 3 is 2.45 bits per heavy atom. The van der Waals surface area contributed by atoms with Crippen LogP contribution in [0, 0.1) is 5.82 Å². The molecule has 0 aliphatic heterocycles. The lowest BCUT2D eigenvalue weighted by Crippen LogP contribution is -2.30. The SMILES string of the molecule is COC(=O)NS(=O)(=O)c1ccc(NC(=O)[C@@H](C)n2ccc3cc(F)ccc32)cc1. The van der Waals surface area contributed by atoms with E-state index in [4.69, 9.17) is 0 Å². The topological polar surface area (TPSA) is 106 Å². The standard InChI is InChI=1S/C19H18FN3O5S/c1-12(23-10-9-13-11-14(20)3-8-17(13)23)18(24)21-15-4-6-16(7-5-15)29(26,27)22-19(25)28-2/h3-12H,1-2H3,(H,21,24)(H,22,25)/t12-/m1/s1. The van der Waals surface area contributed by atoms with Crippen LogP contribution in [0.5, 0.6) is 0 Å². The summed E-state index contributed by atoms with van der Waals surface area (Å²) >= 11 is 0. The molecular weight excluding hydrogens is 401 g/mol. The van der Waals surface area contributed by atoms with Gasteiger partial charge in [0.1, 0.15) is 11.9 Å². The number of hydrogen-bond acceptors (Lipinski definition) is 5. The van der Waals surface area contributed by atoms with Crippen molar-refractivity contribution in [1.82, 2.24) is 9.29 Å². The van der Waals surface area contributed by atoms with Crippen molar-refractivity contribution in [3.63, 3.8) is 0 Å². The van der Waals surface area contributed by atoms with Gasteiger partial charge in [-0.3, -0.25) is 4.79 Å². The van der Waals surface area contributed by atoms with E-state index >= 15 is 0 Å². The van der Waals surface area contributed by atoms with Gasteiger partial charge in [0.25, 0.3) is 10.0 Å². The predicted octanol–water partition coefficient (Wildman–Crippen LogP) is 3.02. The van der Waals surface area contributed by atoms with Crippen molar-refractivity contribution in [2.75, 3.05) is 12.4 Å². The molecule has 0 saturated carbocycles. The number of carbonyl (C=O) groups excluding carboxylic acids is 2. The summed E-state index contributed by atoms with van der Waals surface area (Å²) in [6.07, 6.45) is 0.595. The fourth-order valence-corrected chi connectivity index (χ4v) is 3.69. The number of rotatable bonds is 5. The van der Waals surface area contributed by atoms with E-state index in [9.17, 15) is 22.4 Å². The Balaban J connectivity index is 1.74. The predicted molar refractivity (Wildman–Crippen MR) is 104 cm³/mol. The molecule has 2 aromatic carbocycles. The van der Waals surface area contributed by atoms with Crippen LogP contribution in [0.1, 0.15) is 13.0 Å². The largest absolute Gasteiger partial charge is 0.452 e. The van der Waals surface area contributed by atoms with Crippen molar-refractivity contribution in [2.24, 2.45) is 0 Å². The number of nitrogens with one attached hydrogen (secondary N) is 2. The van der Waals surface area contributed by atoms with Gasteiger partial charge in [0, 0.05) is 22.8 Å². The Morgan fingerprint density at radius 2 is 1.79 bits per heavy atom. The molecule has 0 saturated heterocycles. The number of ether oxygens (including phenoxy) is 1. The highest BCUT2D eigenvalue weighted by Gasteiger charge is 2.19. The van der Waals surface area contributed by atoms with Gasteiger partial charge in [-0.15, -0.1) is 0 Å². The third kappa shape index (κ3) is 4.37. The number of halogens is 1. The van der Waals surface area contributed by atoms with E-state index in [0.29, 0.717) is 16.6 Å². The van der Waals surface area contributed by atoms with Gasteiger partial charge in [-0.2, -0.15) is 0 Å². The van der Waals surface area contributed by atoms with Crippen LogP contribution in [-0.4, -0.2) is 32.1 Å². The summed E-state index contributed by atoms with van der Waals surface area (Å²) in [5, 5.41) is 3.37. The van der Waals surface area contributed by atoms with Gasteiger partial charge in [0.2, 0.25) is 5.91 Å². The molecule has 10 heteroatoms. The van der Waals surface area contributed by atoms with Crippen LogP contribution >= 0.6 is 0 Å². The second-order valence-corrected chi connectivity index (χ2v) is 7.90. The number of nitrogens with zero attached hydrogens (tertiary/aromatic N) is 1. The van der Waals surface area contributed by atoms with E-state index in [0.717, 1.165) is 7.11 Å². The Morgan fingerprint density at radius 1 is 1.10 bits per heavy atom. The molecule has 29 heavy (non-hydrogen) atoms.